The van der Waals surface area contributed by atoms with Crippen LogP contribution in [0.3, 0.4) is 0 Å². The highest BCUT2D eigenvalue weighted by molar-refractivity contribution is 6.20. The van der Waals surface area contributed by atoms with Gasteiger partial charge in [-0.25, -0.2) is 9.97 Å². The molecule has 0 N–H and O–H groups in total. The Hall–Kier alpha value is -1.16. The second-order valence-corrected chi connectivity index (χ2v) is 4.85. The third-order valence-corrected chi connectivity index (χ3v) is 3.38. The zero-order chi connectivity index (χ0) is 11.7. The monoisotopic (exact) mass is 238 g/mol. The van der Waals surface area contributed by atoms with Gasteiger partial charge in [-0.15, -0.1) is 11.6 Å². The van der Waals surface area contributed by atoms with Crippen molar-refractivity contribution in [2.75, 3.05) is 0 Å². The smallest absolute Gasteiger partial charge is 0.161 e. The molecule has 0 aromatic carbocycles. The van der Waals surface area contributed by atoms with Gasteiger partial charge in [-0.3, -0.25) is 4.68 Å². The Morgan fingerprint density at radius 1 is 1.38 bits per heavy atom. The summed E-state index contributed by atoms with van der Waals surface area (Å²) >= 11 is 6.27. The fourth-order valence-corrected chi connectivity index (χ4v) is 1.74. The van der Waals surface area contributed by atoms with Crippen molar-refractivity contribution in [3.8, 4) is 0 Å². The number of aryl methyl sites for hydroxylation is 1. The van der Waals surface area contributed by atoms with Gasteiger partial charge in [-0.2, -0.15) is 5.10 Å². The minimum atomic E-state index is 0.0957. The first-order valence-corrected chi connectivity index (χ1v) is 5.79. The van der Waals surface area contributed by atoms with Gasteiger partial charge in [0.2, 0.25) is 0 Å². The van der Waals surface area contributed by atoms with Gasteiger partial charge in [0.05, 0.1) is 17.3 Å². The zero-order valence-corrected chi connectivity index (χ0v) is 10.4. The summed E-state index contributed by atoms with van der Waals surface area (Å²) in [6, 6.07) is 0. The van der Waals surface area contributed by atoms with Crippen LogP contribution in [0.1, 0.15) is 19.5 Å². The minimum Gasteiger partial charge on any atom is -0.250 e. The molecule has 0 aliphatic carbocycles. The van der Waals surface area contributed by atoms with Crippen LogP contribution in [0.2, 0.25) is 0 Å². The topological polar surface area (TPSA) is 43.6 Å². The van der Waals surface area contributed by atoms with Gasteiger partial charge in [0, 0.05) is 18.8 Å². The van der Waals surface area contributed by atoms with Gasteiger partial charge in [0.15, 0.2) is 5.65 Å². The van der Waals surface area contributed by atoms with Crippen molar-refractivity contribution in [1.82, 2.24) is 19.7 Å². The predicted molar refractivity (Wildman–Crippen MR) is 64.5 cm³/mol. The highest BCUT2D eigenvalue weighted by atomic mass is 35.5. The van der Waals surface area contributed by atoms with Crippen LogP contribution < -0.4 is 0 Å². The minimum absolute atomic E-state index is 0.0957. The quantitative estimate of drug-likeness (QED) is 0.770. The molecule has 0 saturated heterocycles. The van der Waals surface area contributed by atoms with Crippen molar-refractivity contribution in [3.63, 3.8) is 0 Å². The first-order valence-electron chi connectivity index (χ1n) is 5.35. The van der Waals surface area contributed by atoms with E-state index in [9.17, 15) is 0 Å². The van der Waals surface area contributed by atoms with Gasteiger partial charge in [-0.05, 0) is 5.92 Å². The summed E-state index contributed by atoms with van der Waals surface area (Å²) in [4.78, 5) is 8.49. The van der Waals surface area contributed by atoms with Crippen LogP contribution in [0, 0.1) is 5.92 Å². The first kappa shape index (κ1) is 11.3. The number of halogens is 1. The van der Waals surface area contributed by atoms with Crippen LogP contribution in [0.25, 0.3) is 11.0 Å². The van der Waals surface area contributed by atoms with Gasteiger partial charge in [0.1, 0.15) is 6.33 Å². The average Bonchev–Trinajstić information content (AvgIpc) is 2.62. The maximum atomic E-state index is 6.27. The van der Waals surface area contributed by atoms with E-state index < -0.39 is 0 Å². The Bertz CT molecular complexity index is 492. The predicted octanol–water partition coefficient (Wildman–Crippen LogP) is 2.17. The fourth-order valence-electron chi connectivity index (χ4n) is 1.59. The van der Waals surface area contributed by atoms with Crippen LogP contribution in [0.5, 0.6) is 0 Å². The molecule has 2 heterocycles. The molecule has 0 spiro atoms. The second kappa shape index (κ2) is 4.37. The summed E-state index contributed by atoms with van der Waals surface area (Å²) in [5.41, 5.74) is 1.84. The summed E-state index contributed by atoms with van der Waals surface area (Å²) in [6.45, 7) is 4.22. The number of fused-ring (bicyclic) bond motifs is 1. The van der Waals surface area contributed by atoms with E-state index in [1.165, 1.54) is 0 Å². The normalized spacial score (nSPS) is 13.6. The third-order valence-electron chi connectivity index (χ3n) is 2.72. The summed E-state index contributed by atoms with van der Waals surface area (Å²) in [5.74, 6) is 0.434. The molecule has 0 radical (unpaired) electrons. The number of nitrogens with zero attached hydrogens (tertiary/aromatic N) is 4. The molecule has 16 heavy (non-hydrogen) atoms. The fraction of sp³-hybridized carbons (Fsp3) is 0.545. The maximum absolute atomic E-state index is 6.27. The van der Waals surface area contributed by atoms with E-state index in [4.69, 9.17) is 11.6 Å². The molecule has 5 heteroatoms. The van der Waals surface area contributed by atoms with E-state index in [0.717, 1.165) is 23.1 Å². The molecular weight excluding hydrogens is 224 g/mol. The van der Waals surface area contributed by atoms with Crippen molar-refractivity contribution < 1.29 is 0 Å². The third kappa shape index (κ3) is 2.02. The summed E-state index contributed by atoms with van der Waals surface area (Å²) in [7, 11) is 1.87. The van der Waals surface area contributed by atoms with Gasteiger partial charge in [0.25, 0.3) is 0 Å². The summed E-state index contributed by atoms with van der Waals surface area (Å²) in [5, 5.41) is 5.27. The second-order valence-electron chi connectivity index (χ2n) is 4.29. The van der Waals surface area contributed by atoms with E-state index in [-0.39, 0.29) is 5.38 Å². The van der Waals surface area contributed by atoms with Gasteiger partial charge >= 0.3 is 0 Å². The van der Waals surface area contributed by atoms with E-state index in [1.807, 2.05) is 7.05 Å². The molecule has 0 fully saturated rings. The van der Waals surface area contributed by atoms with Crippen LogP contribution in [0.15, 0.2) is 12.5 Å². The Balaban J connectivity index is 2.37. The molecule has 0 saturated carbocycles. The lowest BCUT2D eigenvalue weighted by Crippen LogP contribution is -2.12. The van der Waals surface area contributed by atoms with Crippen molar-refractivity contribution in [2.45, 2.75) is 25.6 Å². The molecule has 1 unspecified atom stereocenters. The molecule has 0 aliphatic rings. The van der Waals surface area contributed by atoms with E-state index in [2.05, 4.69) is 28.9 Å². The van der Waals surface area contributed by atoms with Crippen molar-refractivity contribution in [2.24, 2.45) is 13.0 Å². The molecule has 0 aliphatic heterocycles. The van der Waals surface area contributed by atoms with E-state index >= 15 is 0 Å². The summed E-state index contributed by atoms with van der Waals surface area (Å²) in [6.07, 6.45) is 4.13. The lowest BCUT2D eigenvalue weighted by Gasteiger charge is -2.12. The zero-order valence-electron chi connectivity index (χ0n) is 9.68. The molecule has 0 amide bonds. The Morgan fingerprint density at radius 2 is 2.12 bits per heavy atom. The Morgan fingerprint density at radius 3 is 2.81 bits per heavy atom. The average molecular weight is 239 g/mol. The molecular formula is C11H15ClN4. The largest absolute Gasteiger partial charge is 0.250 e. The van der Waals surface area contributed by atoms with Crippen molar-refractivity contribution >= 4 is 22.6 Å². The molecule has 2 aromatic heterocycles. The van der Waals surface area contributed by atoms with E-state index in [1.54, 1.807) is 17.2 Å². The number of rotatable bonds is 3. The number of hydrogen-bond acceptors (Lipinski definition) is 3. The molecule has 86 valence electrons. The Kier molecular flexibility index (Phi) is 3.10. The van der Waals surface area contributed by atoms with Crippen LogP contribution in [-0.2, 0) is 13.5 Å². The van der Waals surface area contributed by atoms with Crippen LogP contribution >= 0.6 is 11.6 Å². The molecule has 1 atom stereocenters. The molecule has 2 rings (SSSR count). The molecule has 4 nitrogen and oxygen atoms in total. The SMILES string of the molecule is CC(C)C(Cl)Cc1ncnc2c1cnn2C. The highest BCUT2D eigenvalue weighted by Gasteiger charge is 2.15. The standard InChI is InChI=1S/C11H15ClN4/c1-7(2)9(12)4-10-8-5-15-16(3)11(8)14-6-13-10/h5-7,9H,4H2,1-3H3. The number of hydrogen-bond donors (Lipinski definition) is 0. The first-order chi connectivity index (χ1) is 7.59. The van der Waals surface area contributed by atoms with Crippen molar-refractivity contribution in [3.05, 3.63) is 18.2 Å². The number of alkyl halides is 1. The molecule has 2 aromatic rings. The van der Waals surface area contributed by atoms with Crippen LogP contribution in [0.4, 0.5) is 0 Å². The van der Waals surface area contributed by atoms with Crippen molar-refractivity contribution in [1.29, 1.82) is 0 Å². The van der Waals surface area contributed by atoms with Crippen LogP contribution in [-0.4, -0.2) is 25.1 Å². The van der Waals surface area contributed by atoms with Gasteiger partial charge in [-0.1, -0.05) is 13.8 Å². The number of aromatic nitrogens is 4. The lowest BCUT2D eigenvalue weighted by molar-refractivity contribution is 0.592. The highest BCUT2D eigenvalue weighted by Crippen LogP contribution is 2.19. The Labute approximate surface area is 99.7 Å². The molecule has 0 bridgehead atoms. The van der Waals surface area contributed by atoms with Gasteiger partial charge < -0.3 is 0 Å². The van der Waals surface area contributed by atoms with E-state index in [0.29, 0.717) is 5.92 Å². The lowest BCUT2D eigenvalue weighted by atomic mass is 10.0. The summed E-state index contributed by atoms with van der Waals surface area (Å²) < 4.78 is 1.75. The maximum Gasteiger partial charge on any atom is 0.161 e.